The van der Waals surface area contributed by atoms with Crippen LogP contribution in [0.5, 0.6) is 0 Å². The number of ether oxygens (including phenoxy) is 2. The van der Waals surface area contributed by atoms with Crippen LogP contribution in [0.1, 0.15) is 30.3 Å². The monoisotopic (exact) mass is 397 g/mol. The van der Waals surface area contributed by atoms with E-state index in [9.17, 15) is 9.59 Å². The molecule has 1 aromatic heterocycles. The highest BCUT2D eigenvalue weighted by molar-refractivity contribution is 5.92. The van der Waals surface area contributed by atoms with Crippen molar-refractivity contribution < 1.29 is 19.1 Å². The Kier molecular flexibility index (Phi) is 5.41. The number of likely N-dealkylation sites (tertiary alicyclic amines) is 1. The fourth-order valence-electron chi connectivity index (χ4n) is 3.54. The smallest absolute Gasteiger partial charge is 0.274 e. The van der Waals surface area contributed by atoms with Crippen LogP contribution >= 0.6 is 0 Å². The van der Waals surface area contributed by atoms with Gasteiger partial charge in [0.05, 0.1) is 13.2 Å². The fraction of sp³-hybridized carbons (Fsp3) is 0.400. The van der Waals surface area contributed by atoms with E-state index in [1.54, 1.807) is 29.2 Å². The number of anilines is 3. The van der Waals surface area contributed by atoms with Crippen molar-refractivity contribution in [3.63, 3.8) is 0 Å². The Bertz CT molecular complexity index is 886. The van der Waals surface area contributed by atoms with Crippen LogP contribution in [0.15, 0.2) is 36.4 Å². The van der Waals surface area contributed by atoms with Gasteiger partial charge in [0.25, 0.3) is 5.91 Å². The van der Waals surface area contributed by atoms with Crippen LogP contribution in [-0.4, -0.2) is 59.0 Å². The SMILES string of the molecule is CC(=O)Nc1cccc(Nc2ccc(C(=O)N3CCC4(CC3)OCCO4)nn2)c1. The Morgan fingerprint density at radius 2 is 1.76 bits per heavy atom. The molecule has 0 aliphatic carbocycles. The minimum atomic E-state index is -0.512. The second-order valence-corrected chi connectivity index (χ2v) is 7.09. The van der Waals surface area contributed by atoms with Gasteiger partial charge in [0, 0.05) is 44.2 Å². The van der Waals surface area contributed by atoms with Gasteiger partial charge in [-0.3, -0.25) is 9.59 Å². The van der Waals surface area contributed by atoms with Crippen molar-refractivity contribution in [3.05, 3.63) is 42.1 Å². The maximum Gasteiger partial charge on any atom is 0.274 e. The molecule has 1 aromatic carbocycles. The second-order valence-electron chi connectivity index (χ2n) is 7.09. The number of rotatable bonds is 4. The lowest BCUT2D eigenvalue weighted by atomic mass is 10.0. The minimum Gasteiger partial charge on any atom is -0.347 e. The molecule has 3 heterocycles. The highest BCUT2D eigenvalue weighted by Gasteiger charge is 2.41. The quantitative estimate of drug-likeness (QED) is 0.814. The van der Waals surface area contributed by atoms with E-state index < -0.39 is 5.79 Å². The van der Waals surface area contributed by atoms with Crippen molar-refractivity contribution >= 4 is 29.0 Å². The molecular formula is C20H23N5O4. The summed E-state index contributed by atoms with van der Waals surface area (Å²) in [5, 5.41) is 14.0. The van der Waals surface area contributed by atoms with Gasteiger partial charge < -0.3 is 25.0 Å². The molecule has 0 saturated carbocycles. The first-order chi connectivity index (χ1) is 14.0. The third kappa shape index (κ3) is 4.52. The molecule has 9 nitrogen and oxygen atoms in total. The van der Waals surface area contributed by atoms with Gasteiger partial charge >= 0.3 is 0 Å². The number of nitrogens with one attached hydrogen (secondary N) is 2. The Labute approximate surface area is 168 Å². The summed E-state index contributed by atoms with van der Waals surface area (Å²) in [5.74, 6) is -0.293. The van der Waals surface area contributed by atoms with Gasteiger partial charge in [0.15, 0.2) is 17.3 Å². The predicted octanol–water partition coefficient (Wildman–Crippen LogP) is 2.16. The van der Waals surface area contributed by atoms with E-state index in [2.05, 4.69) is 20.8 Å². The molecule has 1 spiro atoms. The first-order valence-corrected chi connectivity index (χ1v) is 9.59. The van der Waals surface area contributed by atoms with Gasteiger partial charge in [0.2, 0.25) is 5.91 Å². The highest BCUT2D eigenvalue weighted by Crippen LogP contribution is 2.31. The van der Waals surface area contributed by atoms with Crippen LogP contribution in [0.3, 0.4) is 0 Å². The van der Waals surface area contributed by atoms with Crippen LogP contribution in [0.25, 0.3) is 0 Å². The lowest BCUT2D eigenvalue weighted by Gasteiger charge is -2.37. The normalized spacial score (nSPS) is 17.9. The van der Waals surface area contributed by atoms with Crippen LogP contribution in [-0.2, 0) is 14.3 Å². The molecule has 0 atom stereocenters. The first kappa shape index (κ1) is 19.3. The second kappa shape index (κ2) is 8.14. The standard InChI is InChI=1S/C20H23N5O4/c1-14(26)21-15-3-2-4-16(13-15)22-18-6-5-17(23-24-18)19(27)25-9-7-20(8-10-25)28-11-12-29-20/h2-6,13H,7-12H2,1H3,(H,21,26)(H,22,24). The zero-order valence-corrected chi connectivity index (χ0v) is 16.2. The van der Waals surface area contributed by atoms with Crippen molar-refractivity contribution in [2.45, 2.75) is 25.6 Å². The number of hydrogen-bond donors (Lipinski definition) is 2. The Morgan fingerprint density at radius 1 is 1.03 bits per heavy atom. The molecule has 29 heavy (non-hydrogen) atoms. The zero-order valence-electron chi connectivity index (χ0n) is 16.2. The molecule has 0 bridgehead atoms. The summed E-state index contributed by atoms with van der Waals surface area (Å²) in [5.41, 5.74) is 1.73. The topological polar surface area (TPSA) is 106 Å². The summed E-state index contributed by atoms with van der Waals surface area (Å²) in [6.45, 7) is 3.81. The number of hydrogen-bond acceptors (Lipinski definition) is 7. The molecule has 0 unspecified atom stereocenters. The number of carbonyl (C=O) groups is 2. The summed E-state index contributed by atoms with van der Waals surface area (Å²) in [6.07, 6.45) is 1.33. The van der Waals surface area contributed by atoms with Crippen molar-refractivity contribution in [2.75, 3.05) is 36.9 Å². The van der Waals surface area contributed by atoms with E-state index in [4.69, 9.17) is 9.47 Å². The van der Waals surface area contributed by atoms with Gasteiger partial charge in [-0.25, -0.2) is 0 Å². The molecule has 2 aliphatic rings. The van der Waals surface area contributed by atoms with Crippen molar-refractivity contribution in [1.29, 1.82) is 0 Å². The van der Waals surface area contributed by atoms with Gasteiger partial charge in [-0.2, -0.15) is 0 Å². The Balaban J connectivity index is 1.36. The van der Waals surface area contributed by atoms with E-state index in [-0.39, 0.29) is 11.8 Å². The summed E-state index contributed by atoms with van der Waals surface area (Å²) >= 11 is 0. The van der Waals surface area contributed by atoms with Crippen LogP contribution in [0.4, 0.5) is 17.2 Å². The van der Waals surface area contributed by atoms with Crippen molar-refractivity contribution in [2.24, 2.45) is 0 Å². The zero-order chi connectivity index (χ0) is 20.3. The molecule has 2 amide bonds. The van der Waals surface area contributed by atoms with Crippen LogP contribution < -0.4 is 10.6 Å². The van der Waals surface area contributed by atoms with Crippen LogP contribution in [0, 0.1) is 0 Å². The fourth-order valence-corrected chi connectivity index (χ4v) is 3.54. The van der Waals surface area contributed by atoms with Gasteiger partial charge in [-0.1, -0.05) is 6.07 Å². The number of carbonyl (C=O) groups excluding carboxylic acids is 2. The Morgan fingerprint density at radius 3 is 2.41 bits per heavy atom. The average Bonchev–Trinajstić information content (AvgIpc) is 3.16. The van der Waals surface area contributed by atoms with E-state index in [1.165, 1.54) is 6.92 Å². The molecule has 2 aliphatic heterocycles. The number of amides is 2. The number of piperidine rings is 1. The van der Waals surface area contributed by atoms with E-state index >= 15 is 0 Å². The van der Waals surface area contributed by atoms with E-state index in [1.807, 2.05) is 12.1 Å². The molecule has 2 aromatic rings. The molecule has 2 fully saturated rings. The maximum atomic E-state index is 12.7. The summed E-state index contributed by atoms with van der Waals surface area (Å²) in [6, 6.07) is 10.6. The number of benzene rings is 1. The van der Waals surface area contributed by atoms with Crippen LogP contribution in [0.2, 0.25) is 0 Å². The molecule has 2 saturated heterocycles. The largest absolute Gasteiger partial charge is 0.347 e. The summed E-state index contributed by atoms with van der Waals surface area (Å²) < 4.78 is 11.4. The molecule has 4 rings (SSSR count). The lowest BCUT2D eigenvalue weighted by molar-refractivity contribution is -0.181. The number of nitrogens with zero attached hydrogens (tertiary/aromatic N) is 3. The van der Waals surface area contributed by atoms with E-state index in [0.29, 0.717) is 56.3 Å². The van der Waals surface area contributed by atoms with E-state index in [0.717, 1.165) is 5.69 Å². The third-order valence-corrected chi connectivity index (χ3v) is 4.97. The van der Waals surface area contributed by atoms with Gasteiger partial charge in [-0.05, 0) is 30.3 Å². The highest BCUT2D eigenvalue weighted by atomic mass is 16.7. The molecule has 0 radical (unpaired) electrons. The average molecular weight is 397 g/mol. The first-order valence-electron chi connectivity index (χ1n) is 9.59. The minimum absolute atomic E-state index is 0.139. The van der Waals surface area contributed by atoms with Crippen molar-refractivity contribution in [3.8, 4) is 0 Å². The molecule has 152 valence electrons. The Hall–Kier alpha value is -3.04. The van der Waals surface area contributed by atoms with Gasteiger partial charge in [-0.15, -0.1) is 10.2 Å². The van der Waals surface area contributed by atoms with Crippen molar-refractivity contribution in [1.82, 2.24) is 15.1 Å². The maximum absolute atomic E-state index is 12.7. The summed E-state index contributed by atoms with van der Waals surface area (Å²) in [7, 11) is 0. The lowest BCUT2D eigenvalue weighted by Crippen LogP contribution is -2.47. The molecular weight excluding hydrogens is 374 g/mol. The predicted molar refractivity (Wildman–Crippen MR) is 106 cm³/mol. The molecule has 2 N–H and O–H groups in total. The third-order valence-electron chi connectivity index (χ3n) is 4.97. The number of aromatic nitrogens is 2. The molecule has 9 heteroatoms. The summed E-state index contributed by atoms with van der Waals surface area (Å²) in [4.78, 5) is 25.6. The van der Waals surface area contributed by atoms with Gasteiger partial charge in [0.1, 0.15) is 0 Å².